The summed E-state index contributed by atoms with van der Waals surface area (Å²) in [4.78, 5) is 53.7. The summed E-state index contributed by atoms with van der Waals surface area (Å²) in [6.07, 6.45) is 1.76. The molecule has 37 heavy (non-hydrogen) atoms. The average molecular weight is 519 g/mol. The van der Waals surface area contributed by atoms with E-state index in [0.717, 1.165) is 24.8 Å². The van der Waals surface area contributed by atoms with Crippen LogP contribution in [0.25, 0.3) is 0 Å². The van der Waals surface area contributed by atoms with Gasteiger partial charge in [-0.15, -0.1) is 0 Å². The first-order valence-electron chi connectivity index (χ1n) is 13.1. The molecule has 0 fully saturated rings. The summed E-state index contributed by atoms with van der Waals surface area (Å²) in [6.45, 7) is 15.2. The van der Waals surface area contributed by atoms with E-state index in [0.29, 0.717) is 18.5 Å². The number of hydrogen-bond donors (Lipinski definition) is 3. The Morgan fingerprint density at radius 3 is 2.05 bits per heavy atom. The number of nitrogens with two attached hydrogens (primary N) is 1. The van der Waals surface area contributed by atoms with Gasteiger partial charge in [-0.05, 0) is 65.0 Å². The second kappa shape index (κ2) is 14.0. The van der Waals surface area contributed by atoms with Crippen LogP contribution in [-0.2, 0) is 25.5 Å². The molecule has 0 saturated carbocycles. The maximum Gasteiger partial charge on any atom is 0.408 e. The quantitative estimate of drug-likeness (QED) is 0.340. The number of alkyl carbamates (subject to hydrolysis) is 1. The highest BCUT2D eigenvalue weighted by molar-refractivity contribution is 5.95. The van der Waals surface area contributed by atoms with E-state index in [1.165, 1.54) is 4.90 Å². The summed E-state index contributed by atoms with van der Waals surface area (Å²) >= 11 is 0. The third kappa shape index (κ3) is 10.1. The lowest BCUT2D eigenvalue weighted by molar-refractivity contribution is -0.150. The average Bonchev–Trinajstić information content (AvgIpc) is 2.80. The lowest BCUT2D eigenvalue weighted by Crippen LogP contribution is -2.60. The van der Waals surface area contributed by atoms with Gasteiger partial charge in [0.25, 0.3) is 0 Å². The Bertz CT molecular complexity index is 921. The monoisotopic (exact) mass is 518 g/mol. The maximum atomic E-state index is 14.1. The smallest absolute Gasteiger partial charge is 0.408 e. The molecule has 4 amide bonds. The lowest BCUT2D eigenvalue weighted by atomic mass is 9.91. The normalized spacial score (nSPS) is 13.3. The van der Waals surface area contributed by atoms with Gasteiger partial charge in [0, 0.05) is 12.1 Å². The van der Waals surface area contributed by atoms with Crippen molar-refractivity contribution < 1.29 is 23.9 Å². The van der Waals surface area contributed by atoms with Crippen molar-refractivity contribution in [3.63, 3.8) is 0 Å². The highest BCUT2D eigenvalue weighted by atomic mass is 16.6. The molecule has 2 unspecified atom stereocenters. The van der Waals surface area contributed by atoms with Gasteiger partial charge in [-0.2, -0.15) is 0 Å². The van der Waals surface area contributed by atoms with Crippen LogP contribution in [0, 0.1) is 0 Å². The first-order chi connectivity index (χ1) is 17.2. The molecule has 0 radical (unpaired) electrons. The van der Waals surface area contributed by atoms with Crippen LogP contribution >= 0.6 is 0 Å². The van der Waals surface area contributed by atoms with Crippen molar-refractivity contribution in [2.45, 2.75) is 111 Å². The molecule has 0 aromatic heterocycles. The number of unbranched alkanes of at least 4 members (excludes halogenated alkanes) is 1. The summed E-state index contributed by atoms with van der Waals surface area (Å²) in [5.41, 5.74) is 5.57. The van der Waals surface area contributed by atoms with E-state index in [2.05, 4.69) is 10.6 Å². The number of nitrogens with zero attached hydrogens (tertiary/aromatic N) is 1. The molecular formula is C28H46N4O5. The molecule has 1 aromatic carbocycles. The Hall–Kier alpha value is -3.10. The number of aryl methyl sites for hydroxylation is 1. The van der Waals surface area contributed by atoms with E-state index in [4.69, 9.17) is 10.5 Å². The van der Waals surface area contributed by atoms with Crippen LogP contribution < -0.4 is 16.4 Å². The van der Waals surface area contributed by atoms with Crippen LogP contribution in [0.2, 0.25) is 0 Å². The molecule has 0 saturated heterocycles. The van der Waals surface area contributed by atoms with Gasteiger partial charge >= 0.3 is 6.09 Å². The van der Waals surface area contributed by atoms with Crippen molar-refractivity contribution in [2.24, 2.45) is 5.73 Å². The van der Waals surface area contributed by atoms with Crippen LogP contribution in [-0.4, -0.2) is 52.4 Å². The van der Waals surface area contributed by atoms with Crippen molar-refractivity contribution in [2.75, 3.05) is 6.54 Å². The topological polar surface area (TPSA) is 131 Å². The number of benzene rings is 1. The minimum atomic E-state index is -1.31. The molecule has 0 bridgehead atoms. The SMILES string of the molecule is CCCCNC(=O)C(c1ccc(CC)cc1)N(C(=O)C(CC(N)=O)NC(=O)OC(C)(C)C)C(C)(C)CC. The van der Waals surface area contributed by atoms with Gasteiger partial charge in [-0.25, -0.2) is 4.79 Å². The Kier molecular flexibility index (Phi) is 12.1. The highest BCUT2D eigenvalue weighted by Gasteiger charge is 2.43. The number of hydrogen-bond acceptors (Lipinski definition) is 5. The van der Waals surface area contributed by atoms with Crippen LogP contribution in [0.4, 0.5) is 4.79 Å². The molecule has 9 heteroatoms. The molecular weight excluding hydrogens is 472 g/mol. The second-order valence-electron chi connectivity index (χ2n) is 10.9. The molecule has 2 atom stereocenters. The Balaban J connectivity index is 3.61. The Labute approximate surface area is 221 Å². The highest BCUT2D eigenvalue weighted by Crippen LogP contribution is 2.32. The molecule has 4 N–H and O–H groups in total. The van der Waals surface area contributed by atoms with Crippen LogP contribution in [0.1, 0.15) is 98.2 Å². The molecule has 208 valence electrons. The number of amides is 4. The number of rotatable bonds is 13. The third-order valence-electron chi connectivity index (χ3n) is 6.19. The largest absolute Gasteiger partial charge is 0.444 e. The molecule has 0 aliphatic rings. The van der Waals surface area contributed by atoms with Crippen LogP contribution in [0.15, 0.2) is 24.3 Å². The lowest BCUT2D eigenvalue weighted by Gasteiger charge is -2.44. The number of primary amides is 1. The number of carbonyl (C=O) groups is 4. The molecule has 0 heterocycles. The van der Waals surface area contributed by atoms with Gasteiger partial charge in [0.05, 0.1) is 6.42 Å². The van der Waals surface area contributed by atoms with Gasteiger partial charge in [-0.1, -0.05) is 51.5 Å². The number of carbonyl (C=O) groups excluding carboxylic acids is 4. The fraction of sp³-hybridized carbons (Fsp3) is 0.643. The van der Waals surface area contributed by atoms with E-state index in [9.17, 15) is 19.2 Å². The summed E-state index contributed by atoms with van der Waals surface area (Å²) in [5, 5.41) is 5.47. The molecule has 0 spiro atoms. The first kappa shape index (κ1) is 31.9. The maximum absolute atomic E-state index is 14.1. The van der Waals surface area contributed by atoms with E-state index in [1.807, 2.05) is 58.9 Å². The first-order valence-corrected chi connectivity index (χ1v) is 13.1. The molecule has 1 rings (SSSR count). The minimum absolute atomic E-state index is 0.331. The van der Waals surface area contributed by atoms with Gasteiger partial charge in [-0.3, -0.25) is 14.4 Å². The fourth-order valence-electron chi connectivity index (χ4n) is 3.80. The van der Waals surface area contributed by atoms with Gasteiger partial charge < -0.3 is 26.0 Å². The van der Waals surface area contributed by atoms with E-state index in [-0.39, 0.29) is 5.91 Å². The van der Waals surface area contributed by atoms with Crippen molar-refractivity contribution in [1.82, 2.24) is 15.5 Å². The van der Waals surface area contributed by atoms with E-state index in [1.54, 1.807) is 20.8 Å². The standard InChI is InChI=1S/C28H46N4O5/c1-9-12-17-30-24(34)23(20-15-13-19(10-2)14-16-20)32(28(7,8)11-3)25(35)21(18-22(29)33)31-26(36)37-27(4,5)6/h13-16,21,23H,9-12,17-18H2,1-8H3,(H2,29,33)(H,30,34)(H,31,36). The minimum Gasteiger partial charge on any atom is -0.444 e. The summed E-state index contributed by atoms with van der Waals surface area (Å²) in [5.74, 6) is -1.69. The molecule has 9 nitrogen and oxygen atoms in total. The zero-order chi connectivity index (χ0) is 28.4. The summed E-state index contributed by atoms with van der Waals surface area (Å²) < 4.78 is 5.32. The van der Waals surface area contributed by atoms with Crippen LogP contribution in [0.5, 0.6) is 0 Å². The predicted molar refractivity (Wildman–Crippen MR) is 145 cm³/mol. The molecule has 0 aliphatic heterocycles. The van der Waals surface area contributed by atoms with E-state index < -0.39 is 47.6 Å². The summed E-state index contributed by atoms with van der Waals surface area (Å²) in [7, 11) is 0. The van der Waals surface area contributed by atoms with Crippen molar-refractivity contribution >= 4 is 23.8 Å². The van der Waals surface area contributed by atoms with Gasteiger partial charge in [0.15, 0.2) is 0 Å². The molecule has 0 aliphatic carbocycles. The Morgan fingerprint density at radius 2 is 1.59 bits per heavy atom. The number of ether oxygens (including phenoxy) is 1. The second-order valence-corrected chi connectivity index (χ2v) is 10.9. The van der Waals surface area contributed by atoms with Crippen molar-refractivity contribution in [3.8, 4) is 0 Å². The predicted octanol–water partition coefficient (Wildman–Crippen LogP) is 3.99. The van der Waals surface area contributed by atoms with Crippen LogP contribution in [0.3, 0.4) is 0 Å². The van der Waals surface area contributed by atoms with E-state index >= 15 is 0 Å². The molecule has 1 aromatic rings. The third-order valence-corrected chi connectivity index (χ3v) is 6.19. The number of nitrogens with one attached hydrogen (secondary N) is 2. The summed E-state index contributed by atoms with van der Waals surface area (Å²) in [6, 6.07) is 5.27. The zero-order valence-corrected chi connectivity index (χ0v) is 23.8. The van der Waals surface area contributed by atoms with Crippen molar-refractivity contribution in [1.29, 1.82) is 0 Å². The Morgan fingerprint density at radius 1 is 1.00 bits per heavy atom. The van der Waals surface area contributed by atoms with Gasteiger partial charge in [0.2, 0.25) is 17.7 Å². The fourth-order valence-corrected chi connectivity index (χ4v) is 3.80. The van der Waals surface area contributed by atoms with Gasteiger partial charge in [0.1, 0.15) is 17.7 Å². The zero-order valence-electron chi connectivity index (χ0n) is 23.8. The van der Waals surface area contributed by atoms with Crippen molar-refractivity contribution in [3.05, 3.63) is 35.4 Å².